The number of hydrogen-bond acceptors (Lipinski definition) is 5. The van der Waals surface area contributed by atoms with Crippen LogP contribution in [0.3, 0.4) is 0 Å². The first-order valence-corrected chi connectivity index (χ1v) is 11.2. The molecular formula is C22H28N4O2S. The zero-order valence-electron chi connectivity index (χ0n) is 17.3. The van der Waals surface area contributed by atoms with Crippen LogP contribution in [0.5, 0.6) is 0 Å². The van der Waals surface area contributed by atoms with Gasteiger partial charge in [0, 0.05) is 19.2 Å². The quantitative estimate of drug-likeness (QED) is 0.653. The third-order valence-electron chi connectivity index (χ3n) is 5.82. The zero-order valence-corrected chi connectivity index (χ0v) is 18.1. The summed E-state index contributed by atoms with van der Waals surface area (Å²) in [6, 6.07) is 5.40. The highest BCUT2D eigenvalue weighted by molar-refractivity contribution is 7.18. The van der Waals surface area contributed by atoms with E-state index < -0.39 is 0 Å². The number of hydrogen-bond donors (Lipinski definition) is 1. The molecule has 0 bridgehead atoms. The Balaban J connectivity index is 1.45. The smallest absolute Gasteiger partial charge is 0.261 e. The van der Waals surface area contributed by atoms with Crippen molar-refractivity contribution in [3.05, 3.63) is 44.6 Å². The Hall–Kier alpha value is -2.25. The first-order valence-electron chi connectivity index (χ1n) is 10.4. The molecule has 0 radical (unpaired) electrons. The maximum Gasteiger partial charge on any atom is 0.261 e. The molecule has 3 aromatic rings. The molecule has 1 saturated heterocycles. The van der Waals surface area contributed by atoms with E-state index >= 15 is 0 Å². The third kappa shape index (κ3) is 4.21. The van der Waals surface area contributed by atoms with Crippen molar-refractivity contribution >= 4 is 33.2 Å². The van der Waals surface area contributed by atoms with Gasteiger partial charge in [-0.3, -0.25) is 14.0 Å². The number of amides is 1. The number of carbonyl (C=O) groups excluding carboxylic acids is 1. The van der Waals surface area contributed by atoms with Crippen molar-refractivity contribution in [3.63, 3.8) is 0 Å². The van der Waals surface area contributed by atoms with Crippen LogP contribution in [-0.4, -0.2) is 46.4 Å². The first-order chi connectivity index (χ1) is 13.9. The van der Waals surface area contributed by atoms with Crippen LogP contribution in [0.4, 0.5) is 0 Å². The summed E-state index contributed by atoms with van der Waals surface area (Å²) < 4.78 is 1.60. The molecule has 0 aliphatic carbocycles. The molecule has 1 aliphatic rings. The van der Waals surface area contributed by atoms with Gasteiger partial charge in [-0.15, -0.1) is 0 Å². The largest absolute Gasteiger partial charge is 0.351 e. The number of nitrogens with one attached hydrogen (secondary N) is 1. The highest BCUT2D eigenvalue weighted by Crippen LogP contribution is 2.22. The van der Waals surface area contributed by atoms with E-state index in [0.717, 1.165) is 54.1 Å². The van der Waals surface area contributed by atoms with Gasteiger partial charge in [-0.2, -0.15) is 0 Å². The molecule has 29 heavy (non-hydrogen) atoms. The van der Waals surface area contributed by atoms with Crippen LogP contribution in [-0.2, 0) is 0 Å². The van der Waals surface area contributed by atoms with Crippen molar-refractivity contribution in [1.82, 2.24) is 19.6 Å². The summed E-state index contributed by atoms with van der Waals surface area (Å²) in [6.45, 7) is 10.3. The van der Waals surface area contributed by atoms with Gasteiger partial charge >= 0.3 is 0 Å². The zero-order chi connectivity index (χ0) is 20.5. The van der Waals surface area contributed by atoms with E-state index in [2.05, 4.69) is 22.1 Å². The molecule has 2 aromatic heterocycles. The summed E-state index contributed by atoms with van der Waals surface area (Å²) in [4.78, 5) is 33.3. The summed E-state index contributed by atoms with van der Waals surface area (Å²) >= 11 is 1.26. The lowest BCUT2D eigenvalue weighted by atomic mass is 10.0. The molecule has 1 unspecified atom stereocenters. The molecule has 154 valence electrons. The summed E-state index contributed by atoms with van der Waals surface area (Å²) in [5.41, 5.74) is 3.63. The number of carbonyl (C=O) groups is 1. The molecule has 0 spiro atoms. The molecule has 1 aromatic carbocycles. The van der Waals surface area contributed by atoms with Crippen LogP contribution >= 0.6 is 11.3 Å². The Kier molecular flexibility index (Phi) is 5.69. The van der Waals surface area contributed by atoms with Gasteiger partial charge in [-0.1, -0.05) is 18.3 Å². The van der Waals surface area contributed by atoms with E-state index in [1.165, 1.54) is 30.2 Å². The molecule has 1 amide bonds. The van der Waals surface area contributed by atoms with Gasteiger partial charge in [0.2, 0.25) is 0 Å². The molecule has 7 heteroatoms. The van der Waals surface area contributed by atoms with Gasteiger partial charge in [-0.05, 0) is 75.4 Å². The lowest BCUT2D eigenvalue weighted by molar-refractivity contribution is 0.0954. The Bertz CT molecular complexity index is 1120. The van der Waals surface area contributed by atoms with Crippen molar-refractivity contribution < 1.29 is 4.79 Å². The number of aryl methyl sites for hydroxylation is 2. The second-order valence-corrected chi connectivity index (χ2v) is 9.27. The number of aromatic nitrogens is 2. The van der Waals surface area contributed by atoms with Gasteiger partial charge in [0.1, 0.15) is 4.88 Å². The van der Waals surface area contributed by atoms with E-state index in [4.69, 9.17) is 0 Å². The van der Waals surface area contributed by atoms with Crippen LogP contribution in [0.15, 0.2) is 23.0 Å². The maximum absolute atomic E-state index is 12.7. The van der Waals surface area contributed by atoms with Crippen LogP contribution in [0, 0.1) is 19.8 Å². The summed E-state index contributed by atoms with van der Waals surface area (Å²) in [5.74, 6) is 0.570. The SMILES string of the molecule is Cc1cc2nc3sc(C(=O)NCCCN4CCCC(C)C4)cc(=O)n3c2cc1C. The Labute approximate surface area is 174 Å². The molecule has 4 rings (SSSR count). The van der Waals surface area contributed by atoms with Crippen molar-refractivity contribution in [2.75, 3.05) is 26.2 Å². The molecule has 3 heterocycles. The fourth-order valence-electron chi connectivity index (χ4n) is 4.09. The number of benzene rings is 1. The van der Waals surface area contributed by atoms with Gasteiger partial charge in [-0.25, -0.2) is 4.98 Å². The Morgan fingerprint density at radius 3 is 2.86 bits per heavy atom. The van der Waals surface area contributed by atoms with Crippen LogP contribution in [0.25, 0.3) is 16.0 Å². The van der Waals surface area contributed by atoms with Crippen molar-refractivity contribution in [2.45, 2.75) is 40.0 Å². The summed E-state index contributed by atoms with van der Waals surface area (Å²) in [6.07, 6.45) is 3.50. The fraction of sp³-hybridized carbons (Fsp3) is 0.500. The minimum absolute atomic E-state index is 0.193. The number of fused-ring (bicyclic) bond motifs is 3. The van der Waals surface area contributed by atoms with E-state index in [1.54, 1.807) is 4.40 Å². The predicted molar refractivity (Wildman–Crippen MR) is 118 cm³/mol. The van der Waals surface area contributed by atoms with E-state index in [9.17, 15) is 9.59 Å². The van der Waals surface area contributed by atoms with Gasteiger partial charge < -0.3 is 10.2 Å². The molecule has 1 N–H and O–H groups in total. The van der Waals surface area contributed by atoms with Crippen LogP contribution in [0.1, 0.15) is 47.0 Å². The normalized spacial score (nSPS) is 17.8. The molecule has 0 saturated carbocycles. The van der Waals surface area contributed by atoms with E-state index in [0.29, 0.717) is 16.4 Å². The lowest BCUT2D eigenvalue weighted by Crippen LogP contribution is -2.36. The minimum atomic E-state index is -0.211. The van der Waals surface area contributed by atoms with E-state index in [-0.39, 0.29) is 11.5 Å². The highest BCUT2D eigenvalue weighted by atomic mass is 32.1. The van der Waals surface area contributed by atoms with Gasteiger partial charge in [0.15, 0.2) is 4.96 Å². The number of imidazole rings is 1. The molecule has 1 aliphatic heterocycles. The number of piperidine rings is 1. The Morgan fingerprint density at radius 2 is 2.07 bits per heavy atom. The fourth-order valence-corrected chi connectivity index (χ4v) is 5.03. The second-order valence-electron chi connectivity index (χ2n) is 8.26. The molecule has 6 nitrogen and oxygen atoms in total. The minimum Gasteiger partial charge on any atom is -0.351 e. The summed E-state index contributed by atoms with van der Waals surface area (Å²) in [7, 11) is 0. The Morgan fingerprint density at radius 1 is 1.28 bits per heavy atom. The van der Waals surface area contributed by atoms with E-state index in [1.807, 2.05) is 26.0 Å². The van der Waals surface area contributed by atoms with Gasteiger partial charge in [0.05, 0.1) is 11.0 Å². The topological polar surface area (TPSA) is 66.7 Å². The third-order valence-corrected chi connectivity index (χ3v) is 6.80. The van der Waals surface area contributed by atoms with Crippen molar-refractivity contribution in [1.29, 1.82) is 0 Å². The molecular weight excluding hydrogens is 384 g/mol. The maximum atomic E-state index is 12.7. The molecule has 1 atom stereocenters. The lowest BCUT2D eigenvalue weighted by Gasteiger charge is -2.30. The number of nitrogens with zero attached hydrogens (tertiary/aromatic N) is 3. The molecule has 1 fully saturated rings. The predicted octanol–water partition coefficient (Wildman–Crippen LogP) is 3.38. The average Bonchev–Trinajstić information content (AvgIpc) is 3.03. The standard InChI is InChI=1S/C22H28N4O2S/c1-14-6-4-8-25(13-14)9-5-7-23-21(28)19-12-20(27)26-18-11-16(3)15(2)10-17(18)24-22(26)29-19/h10-12,14H,4-9,13H2,1-3H3,(H,23,28). The average molecular weight is 413 g/mol. The first kappa shape index (κ1) is 20.0. The summed E-state index contributed by atoms with van der Waals surface area (Å²) in [5, 5.41) is 2.96. The van der Waals surface area contributed by atoms with Crippen LogP contribution < -0.4 is 10.9 Å². The van der Waals surface area contributed by atoms with Crippen molar-refractivity contribution in [2.24, 2.45) is 5.92 Å². The number of likely N-dealkylation sites (tertiary alicyclic amines) is 1. The second kappa shape index (κ2) is 8.24. The van der Waals surface area contributed by atoms with Crippen LogP contribution in [0.2, 0.25) is 0 Å². The highest BCUT2D eigenvalue weighted by Gasteiger charge is 2.17. The number of rotatable bonds is 5. The monoisotopic (exact) mass is 412 g/mol. The van der Waals surface area contributed by atoms with Gasteiger partial charge in [0.25, 0.3) is 11.5 Å². The van der Waals surface area contributed by atoms with Crippen molar-refractivity contribution in [3.8, 4) is 0 Å².